The average Bonchev–Trinajstić information content (AvgIpc) is 2.47. The number of rotatable bonds is 6. The molecule has 0 saturated carbocycles. The van der Waals surface area contributed by atoms with Crippen molar-refractivity contribution in [1.82, 2.24) is 0 Å². The van der Waals surface area contributed by atoms with Crippen LogP contribution in [0.1, 0.15) is 37.3 Å². The number of benzene rings is 2. The van der Waals surface area contributed by atoms with Crippen LogP contribution in [0.4, 0.5) is 0 Å². The second-order valence-electron chi connectivity index (χ2n) is 4.98. The Bertz CT molecular complexity index is 494. The van der Waals surface area contributed by atoms with E-state index in [0.717, 1.165) is 6.42 Å². The monoisotopic (exact) mass is 250 g/mol. The number of allylic oxidation sites excluding steroid dienone is 1. The largest absolute Gasteiger partial charge is 0.0654 e. The van der Waals surface area contributed by atoms with Crippen LogP contribution in [-0.4, -0.2) is 0 Å². The number of hydrogen-bond donors (Lipinski definition) is 0. The highest BCUT2D eigenvalue weighted by atomic mass is 14.1. The highest BCUT2D eigenvalue weighted by molar-refractivity contribution is 5.53. The molecule has 2 aromatic carbocycles. The van der Waals surface area contributed by atoms with Crippen LogP contribution in [0, 0.1) is 0 Å². The van der Waals surface area contributed by atoms with E-state index < -0.39 is 0 Å². The number of hydrogen-bond acceptors (Lipinski definition) is 0. The Morgan fingerprint density at radius 2 is 1.53 bits per heavy atom. The first-order valence-corrected chi connectivity index (χ1v) is 7.17. The maximum Gasteiger partial charge on any atom is -0.00638 e. The Kier molecular flexibility index (Phi) is 5.43. The fourth-order valence-corrected chi connectivity index (χ4v) is 2.26. The van der Waals surface area contributed by atoms with Crippen LogP contribution in [0.2, 0.25) is 0 Å². The SMILES string of the molecule is CCCC/C(=C\c1ccccc1)Cc1ccccc1. The second kappa shape index (κ2) is 7.58. The van der Waals surface area contributed by atoms with Gasteiger partial charge < -0.3 is 0 Å². The van der Waals surface area contributed by atoms with Gasteiger partial charge in [0.15, 0.2) is 0 Å². The predicted molar refractivity (Wildman–Crippen MR) is 84.1 cm³/mol. The van der Waals surface area contributed by atoms with E-state index in [-0.39, 0.29) is 0 Å². The first-order chi connectivity index (χ1) is 9.38. The van der Waals surface area contributed by atoms with Crippen LogP contribution in [0.15, 0.2) is 66.2 Å². The van der Waals surface area contributed by atoms with Gasteiger partial charge in [-0.05, 0) is 30.4 Å². The summed E-state index contributed by atoms with van der Waals surface area (Å²) in [7, 11) is 0. The highest BCUT2D eigenvalue weighted by Crippen LogP contribution is 2.18. The third-order valence-corrected chi connectivity index (χ3v) is 3.30. The summed E-state index contributed by atoms with van der Waals surface area (Å²) >= 11 is 0. The zero-order valence-electron chi connectivity index (χ0n) is 11.7. The van der Waals surface area contributed by atoms with Crippen molar-refractivity contribution in [3.63, 3.8) is 0 Å². The molecule has 0 radical (unpaired) electrons. The molecule has 0 heterocycles. The molecule has 19 heavy (non-hydrogen) atoms. The maximum atomic E-state index is 2.35. The molecule has 2 rings (SSSR count). The summed E-state index contributed by atoms with van der Waals surface area (Å²) < 4.78 is 0. The Hall–Kier alpha value is -1.82. The number of unbranched alkanes of at least 4 members (excludes halogenated alkanes) is 1. The summed E-state index contributed by atoms with van der Waals surface area (Å²) in [4.78, 5) is 0. The predicted octanol–water partition coefficient (Wildman–Crippen LogP) is 5.50. The molecule has 0 bridgehead atoms. The minimum Gasteiger partial charge on any atom is -0.0654 e. The summed E-state index contributed by atoms with van der Waals surface area (Å²) in [6.45, 7) is 2.25. The molecule has 0 N–H and O–H groups in total. The molecule has 0 aliphatic rings. The Morgan fingerprint density at radius 1 is 0.895 bits per heavy atom. The molecule has 0 aliphatic heterocycles. The van der Waals surface area contributed by atoms with Crippen molar-refractivity contribution in [1.29, 1.82) is 0 Å². The van der Waals surface area contributed by atoms with Gasteiger partial charge >= 0.3 is 0 Å². The van der Waals surface area contributed by atoms with Crippen molar-refractivity contribution in [3.05, 3.63) is 77.4 Å². The third-order valence-electron chi connectivity index (χ3n) is 3.30. The van der Waals surface area contributed by atoms with E-state index >= 15 is 0 Å². The Balaban J connectivity index is 2.14. The molecule has 0 spiro atoms. The Morgan fingerprint density at radius 3 is 2.16 bits per heavy atom. The quantitative estimate of drug-likeness (QED) is 0.634. The standard InChI is InChI=1S/C19H22/c1-2-3-10-19(15-17-11-6-4-7-12-17)16-18-13-8-5-9-14-18/h4-9,11-15H,2-3,10,16H2,1H3/b19-15+. The fourth-order valence-electron chi connectivity index (χ4n) is 2.26. The van der Waals surface area contributed by atoms with Crippen molar-refractivity contribution in [2.24, 2.45) is 0 Å². The van der Waals surface area contributed by atoms with Crippen LogP contribution in [0.25, 0.3) is 6.08 Å². The van der Waals surface area contributed by atoms with Crippen molar-refractivity contribution < 1.29 is 0 Å². The van der Waals surface area contributed by atoms with Crippen LogP contribution < -0.4 is 0 Å². The maximum absolute atomic E-state index is 2.35. The van der Waals surface area contributed by atoms with Crippen molar-refractivity contribution in [3.8, 4) is 0 Å². The molecule has 0 heteroatoms. The van der Waals surface area contributed by atoms with Gasteiger partial charge in [-0.15, -0.1) is 0 Å². The summed E-state index contributed by atoms with van der Waals surface area (Å²) in [6, 6.07) is 21.4. The molecule has 0 aromatic heterocycles. The summed E-state index contributed by atoms with van der Waals surface area (Å²) in [5.74, 6) is 0. The fraction of sp³-hybridized carbons (Fsp3) is 0.263. The normalized spacial score (nSPS) is 11.5. The van der Waals surface area contributed by atoms with Crippen molar-refractivity contribution in [2.75, 3.05) is 0 Å². The van der Waals surface area contributed by atoms with Gasteiger partial charge in [-0.1, -0.05) is 85.7 Å². The lowest BCUT2D eigenvalue weighted by atomic mass is 9.98. The topological polar surface area (TPSA) is 0 Å². The molecule has 2 aromatic rings. The lowest BCUT2D eigenvalue weighted by Crippen LogP contribution is -1.91. The van der Waals surface area contributed by atoms with E-state index in [1.807, 2.05) is 0 Å². The van der Waals surface area contributed by atoms with Crippen LogP contribution in [0.5, 0.6) is 0 Å². The second-order valence-corrected chi connectivity index (χ2v) is 4.98. The zero-order valence-corrected chi connectivity index (χ0v) is 11.7. The first-order valence-electron chi connectivity index (χ1n) is 7.17. The van der Waals surface area contributed by atoms with Gasteiger partial charge in [0.2, 0.25) is 0 Å². The molecule has 0 fully saturated rings. The van der Waals surface area contributed by atoms with Gasteiger partial charge in [0.1, 0.15) is 0 Å². The summed E-state index contributed by atoms with van der Waals surface area (Å²) in [5, 5.41) is 0. The van der Waals surface area contributed by atoms with Gasteiger partial charge in [0, 0.05) is 0 Å². The molecular weight excluding hydrogens is 228 g/mol. The van der Waals surface area contributed by atoms with Gasteiger partial charge in [-0.25, -0.2) is 0 Å². The lowest BCUT2D eigenvalue weighted by Gasteiger charge is -2.08. The summed E-state index contributed by atoms with van der Waals surface area (Å²) in [6.07, 6.45) is 7.13. The van der Waals surface area contributed by atoms with Gasteiger partial charge in [0.05, 0.1) is 0 Å². The van der Waals surface area contributed by atoms with Crippen molar-refractivity contribution in [2.45, 2.75) is 32.6 Å². The molecule has 0 amide bonds. The lowest BCUT2D eigenvalue weighted by molar-refractivity contribution is 0.775. The molecule has 0 nitrogen and oxygen atoms in total. The minimum absolute atomic E-state index is 1.07. The highest BCUT2D eigenvalue weighted by Gasteiger charge is 2.00. The van der Waals surface area contributed by atoms with Crippen LogP contribution >= 0.6 is 0 Å². The van der Waals surface area contributed by atoms with E-state index in [4.69, 9.17) is 0 Å². The molecule has 0 unspecified atom stereocenters. The zero-order chi connectivity index (χ0) is 13.3. The molecule has 0 aliphatic carbocycles. The van der Waals surface area contributed by atoms with E-state index in [9.17, 15) is 0 Å². The van der Waals surface area contributed by atoms with Gasteiger partial charge in [-0.2, -0.15) is 0 Å². The van der Waals surface area contributed by atoms with E-state index in [2.05, 4.69) is 73.7 Å². The third kappa shape index (κ3) is 4.75. The van der Waals surface area contributed by atoms with Crippen molar-refractivity contribution >= 4 is 6.08 Å². The van der Waals surface area contributed by atoms with E-state index in [1.165, 1.54) is 36.0 Å². The molecule has 0 atom stereocenters. The minimum atomic E-state index is 1.07. The van der Waals surface area contributed by atoms with E-state index in [0.29, 0.717) is 0 Å². The molecular formula is C19H22. The van der Waals surface area contributed by atoms with Gasteiger partial charge in [-0.3, -0.25) is 0 Å². The summed E-state index contributed by atoms with van der Waals surface area (Å²) in [5.41, 5.74) is 4.24. The molecule has 0 saturated heterocycles. The average molecular weight is 250 g/mol. The van der Waals surface area contributed by atoms with Gasteiger partial charge in [0.25, 0.3) is 0 Å². The molecule has 98 valence electrons. The smallest absolute Gasteiger partial charge is 0.00638 e. The Labute approximate surface area is 116 Å². The van der Waals surface area contributed by atoms with Crippen LogP contribution in [0.3, 0.4) is 0 Å². The van der Waals surface area contributed by atoms with Crippen LogP contribution in [-0.2, 0) is 6.42 Å². The first kappa shape index (κ1) is 13.6. The van der Waals surface area contributed by atoms with E-state index in [1.54, 1.807) is 0 Å².